The average molecular weight is 460 g/mol. The molecule has 0 fully saturated rings. The Morgan fingerprint density at radius 1 is 0.971 bits per heavy atom. The van der Waals surface area contributed by atoms with E-state index in [-0.39, 0.29) is 17.6 Å². The molecule has 0 aliphatic rings. The molecule has 0 saturated heterocycles. The molecule has 2 atom stereocenters. The van der Waals surface area contributed by atoms with Crippen LogP contribution in [0.4, 0.5) is 21.9 Å². The number of nitrogen functional groups attached to an aromatic ring is 1. The molecule has 34 heavy (non-hydrogen) atoms. The quantitative estimate of drug-likeness (QED) is 0.236. The summed E-state index contributed by atoms with van der Waals surface area (Å²) >= 11 is 0. The van der Waals surface area contributed by atoms with E-state index in [1.807, 2.05) is 25.1 Å². The summed E-state index contributed by atoms with van der Waals surface area (Å²) in [5, 5.41) is 15.1. The van der Waals surface area contributed by atoms with Gasteiger partial charge < -0.3 is 20.9 Å². The van der Waals surface area contributed by atoms with Crippen molar-refractivity contribution in [2.24, 2.45) is 5.92 Å². The summed E-state index contributed by atoms with van der Waals surface area (Å²) in [5.74, 6) is -0.181. The summed E-state index contributed by atoms with van der Waals surface area (Å²) in [6.45, 7) is 1.98. The Labute approximate surface area is 199 Å². The van der Waals surface area contributed by atoms with E-state index in [2.05, 4.69) is 10.6 Å². The molecular formula is C27H29N3O4. The van der Waals surface area contributed by atoms with Gasteiger partial charge in [-0.25, -0.2) is 4.79 Å². The number of para-hydroxylation sites is 3. The fourth-order valence-corrected chi connectivity index (χ4v) is 3.45. The van der Waals surface area contributed by atoms with E-state index < -0.39 is 12.2 Å². The third-order valence-corrected chi connectivity index (χ3v) is 5.27. The lowest BCUT2D eigenvalue weighted by Gasteiger charge is -2.24. The van der Waals surface area contributed by atoms with Gasteiger partial charge in [0.1, 0.15) is 11.9 Å². The van der Waals surface area contributed by atoms with Gasteiger partial charge in [-0.2, -0.15) is 0 Å². The van der Waals surface area contributed by atoms with Crippen molar-refractivity contribution in [1.82, 2.24) is 0 Å². The van der Waals surface area contributed by atoms with Gasteiger partial charge in [-0.1, -0.05) is 55.5 Å². The highest BCUT2D eigenvalue weighted by molar-refractivity contribution is 6.01. The van der Waals surface area contributed by atoms with E-state index >= 15 is 0 Å². The molecule has 7 heteroatoms. The number of amides is 2. The molecule has 3 aromatic carbocycles. The van der Waals surface area contributed by atoms with Crippen LogP contribution in [-0.2, 0) is 9.53 Å². The highest BCUT2D eigenvalue weighted by Crippen LogP contribution is 2.31. The van der Waals surface area contributed by atoms with Gasteiger partial charge in [0.15, 0.2) is 0 Å². The summed E-state index contributed by atoms with van der Waals surface area (Å²) in [7, 11) is 0. The second-order valence-electron chi connectivity index (χ2n) is 7.94. The van der Waals surface area contributed by atoms with Crippen LogP contribution in [-0.4, -0.2) is 17.1 Å². The first kappa shape index (κ1) is 24.4. The largest absolute Gasteiger partial charge is 0.508 e. The Morgan fingerprint density at radius 2 is 1.65 bits per heavy atom. The number of ether oxygens (including phenoxy) is 1. The van der Waals surface area contributed by atoms with Crippen LogP contribution in [0, 0.1) is 5.92 Å². The van der Waals surface area contributed by atoms with Crippen LogP contribution >= 0.6 is 0 Å². The topological polar surface area (TPSA) is 114 Å². The zero-order valence-corrected chi connectivity index (χ0v) is 19.0. The van der Waals surface area contributed by atoms with Crippen LogP contribution in [0.2, 0.25) is 0 Å². The molecule has 3 rings (SSSR count). The highest BCUT2D eigenvalue weighted by Gasteiger charge is 2.23. The molecule has 0 aliphatic carbocycles. The Bertz CT molecular complexity index is 1110. The monoisotopic (exact) mass is 459 g/mol. The van der Waals surface area contributed by atoms with Gasteiger partial charge in [0.2, 0.25) is 5.91 Å². The first-order valence-corrected chi connectivity index (χ1v) is 11.1. The first-order chi connectivity index (χ1) is 16.4. The Morgan fingerprint density at radius 3 is 2.35 bits per heavy atom. The van der Waals surface area contributed by atoms with E-state index in [4.69, 9.17) is 10.5 Å². The number of hydrogen-bond donors (Lipinski definition) is 4. The second kappa shape index (κ2) is 12.1. The van der Waals surface area contributed by atoms with Crippen molar-refractivity contribution < 1.29 is 19.4 Å². The maximum absolute atomic E-state index is 12.5. The summed E-state index contributed by atoms with van der Waals surface area (Å²) in [6.07, 6.45) is 3.43. The molecule has 0 unspecified atom stereocenters. The van der Waals surface area contributed by atoms with Gasteiger partial charge >= 0.3 is 6.09 Å². The van der Waals surface area contributed by atoms with E-state index in [1.165, 1.54) is 6.08 Å². The lowest BCUT2D eigenvalue weighted by Crippen LogP contribution is -2.22. The molecule has 176 valence electrons. The Balaban J connectivity index is 1.59. The smallest absolute Gasteiger partial charge is 0.412 e. The fraction of sp³-hybridized carbons (Fsp3) is 0.185. The minimum Gasteiger partial charge on any atom is -0.508 e. The van der Waals surface area contributed by atoms with Crippen molar-refractivity contribution in [3.63, 3.8) is 0 Å². The van der Waals surface area contributed by atoms with Crippen molar-refractivity contribution in [1.29, 1.82) is 0 Å². The third kappa shape index (κ3) is 7.41. The number of phenols is 1. The maximum Gasteiger partial charge on any atom is 0.412 e. The molecule has 0 aromatic heterocycles. The summed E-state index contributed by atoms with van der Waals surface area (Å²) in [6, 6.07) is 22.7. The van der Waals surface area contributed by atoms with Crippen molar-refractivity contribution in [3.8, 4) is 5.75 Å². The van der Waals surface area contributed by atoms with Crippen LogP contribution in [0.1, 0.15) is 31.4 Å². The van der Waals surface area contributed by atoms with Gasteiger partial charge in [0, 0.05) is 5.69 Å². The lowest BCUT2D eigenvalue weighted by atomic mass is 9.93. The molecule has 0 heterocycles. The predicted octanol–water partition coefficient (Wildman–Crippen LogP) is 5.88. The van der Waals surface area contributed by atoms with E-state index in [0.717, 1.165) is 5.56 Å². The molecule has 0 saturated carbocycles. The number of carbonyl (C=O) groups is 2. The van der Waals surface area contributed by atoms with E-state index in [9.17, 15) is 14.7 Å². The number of phenolic OH excluding ortho intramolecular Hbond substituents is 1. The van der Waals surface area contributed by atoms with Gasteiger partial charge in [-0.3, -0.25) is 10.1 Å². The number of hydrogen-bond acceptors (Lipinski definition) is 5. The number of carbonyl (C=O) groups excluding carboxylic acids is 2. The molecule has 2 amide bonds. The van der Waals surface area contributed by atoms with E-state index in [1.54, 1.807) is 66.7 Å². The summed E-state index contributed by atoms with van der Waals surface area (Å²) < 4.78 is 5.76. The molecule has 5 N–H and O–H groups in total. The minimum atomic E-state index is -0.563. The van der Waals surface area contributed by atoms with Crippen LogP contribution in [0.3, 0.4) is 0 Å². The Hall–Kier alpha value is -4.26. The third-order valence-electron chi connectivity index (χ3n) is 5.27. The lowest BCUT2D eigenvalue weighted by molar-refractivity contribution is -0.111. The zero-order chi connectivity index (χ0) is 24.3. The second-order valence-corrected chi connectivity index (χ2v) is 7.94. The molecule has 0 bridgehead atoms. The summed E-state index contributed by atoms with van der Waals surface area (Å²) in [5.41, 5.74) is 8.32. The van der Waals surface area contributed by atoms with Crippen molar-refractivity contribution in [3.05, 3.63) is 96.6 Å². The van der Waals surface area contributed by atoms with Gasteiger partial charge in [-0.05, 0) is 66.8 Å². The van der Waals surface area contributed by atoms with Gasteiger partial charge in [0.25, 0.3) is 0 Å². The normalized spacial score (nSPS) is 12.6. The molecule has 7 nitrogen and oxygen atoms in total. The first-order valence-electron chi connectivity index (χ1n) is 11.1. The van der Waals surface area contributed by atoms with Crippen molar-refractivity contribution in [2.45, 2.75) is 25.9 Å². The van der Waals surface area contributed by atoms with E-state index in [0.29, 0.717) is 29.9 Å². The molecule has 0 radical (unpaired) electrons. The fourth-order valence-electron chi connectivity index (χ4n) is 3.45. The van der Waals surface area contributed by atoms with Gasteiger partial charge in [0.05, 0.1) is 11.4 Å². The highest BCUT2D eigenvalue weighted by atomic mass is 16.6. The minimum absolute atomic E-state index is 0.0523. The Kier molecular flexibility index (Phi) is 8.68. The standard InChI is InChI=1S/C27H29N3O4/c1-19(9-5-8-14-25(32)30-24-13-7-6-12-23(24)28)26(20-15-17-22(31)18-16-20)34-27(33)29-21-10-3-2-4-11-21/h2-4,6-8,10-19,26,31H,5,9,28H2,1H3,(H,29,33)(H,30,32)/b14-8+/t19-,26-/m1/s1. The number of anilines is 3. The average Bonchev–Trinajstić information content (AvgIpc) is 2.83. The molecule has 0 aliphatic heterocycles. The van der Waals surface area contributed by atoms with Crippen LogP contribution in [0.5, 0.6) is 5.75 Å². The van der Waals surface area contributed by atoms with Crippen LogP contribution in [0.25, 0.3) is 0 Å². The predicted molar refractivity (Wildman–Crippen MR) is 134 cm³/mol. The van der Waals surface area contributed by atoms with Crippen LogP contribution < -0.4 is 16.4 Å². The number of nitrogens with two attached hydrogens (primary N) is 1. The number of aromatic hydroxyl groups is 1. The summed E-state index contributed by atoms with van der Waals surface area (Å²) in [4.78, 5) is 24.7. The molecule has 0 spiro atoms. The van der Waals surface area contributed by atoms with Crippen molar-refractivity contribution in [2.75, 3.05) is 16.4 Å². The van der Waals surface area contributed by atoms with Crippen molar-refractivity contribution >= 4 is 29.1 Å². The molecular weight excluding hydrogens is 430 g/mol. The zero-order valence-electron chi connectivity index (χ0n) is 19.0. The number of rotatable bonds is 9. The maximum atomic E-state index is 12.5. The van der Waals surface area contributed by atoms with Crippen LogP contribution in [0.15, 0.2) is 91.0 Å². The number of nitrogens with one attached hydrogen (secondary N) is 2. The molecule has 3 aromatic rings. The number of allylic oxidation sites excluding steroid dienone is 1. The van der Waals surface area contributed by atoms with Gasteiger partial charge in [-0.15, -0.1) is 0 Å². The SMILES string of the molecule is C[C@H](CC/C=C/C(=O)Nc1ccccc1N)[C@@H](OC(=O)Nc1ccccc1)c1ccc(O)cc1. The number of benzene rings is 3.